The van der Waals surface area contributed by atoms with Crippen LogP contribution in [0.5, 0.6) is 0 Å². The largest absolute Gasteiger partial charge is 0.370 e. The molecule has 3 nitrogen and oxygen atoms in total. The summed E-state index contributed by atoms with van der Waals surface area (Å²) in [6, 6.07) is 8.56. The van der Waals surface area contributed by atoms with Gasteiger partial charge in [-0.3, -0.25) is 4.99 Å². The predicted octanol–water partition coefficient (Wildman–Crippen LogP) is 2.64. The van der Waals surface area contributed by atoms with E-state index in [2.05, 4.69) is 48.4 Å². The van der Waals surface area contributed by atoms with Gasteiger partial charge in [-0.15, -0.1) is 24.0 Å². The lowest BCUT2D eigenvalue weighted by Gasteiger charge is -2.10. The molecule has 4 heteroatoms. The van der Waals surface area contributed by atoms with E-state index in [4.69, 9.17) is 5.73 Å². The lowest BCUT2D eigenvalue weighted by molar-refractivity contribution is 0.766. The van der Waals surface area contributed by atoms with Crippen molar-refractivity contribution in [2.75, 3.05) is 13.1 Å². The second-order valence-electron chi connectivity index (χ2n) is 4.07. The smallest absolute Gasteiger partial charge is 0.188 e. The molecule has 0 amide bonds. The molecule has 0 aliphatic rings. The Labute approximate surface area is 121 Å². The first-order valence-electron chi connectivity index (χ1n) is 5.73. The van der Waals surface area contributed by atoms with E-state index in [1.54, 1.807) is 0 Å². The summed E-state index contributed by atoms with van der Waals surface area (Å²) in [6.45, 7) is 7.80. The number of nitrogens with one attached hydrogen (secondary N) is 1. The van der Waals surface area contributed by atoms with Gasteiger partial charge in [0, 0.05) is 19.0 Å². The minimum absolute atomic E-state index is 0. The normalized spacial score (nSPS) is 12.8. The van der Waals surface area contributed by atoms with E-state index in [1.165, 1.54) is 11.1 Å². The highest BCUT2D eigenvalue weighted by molar-refractivity contribution is 14.0. The van der Waals surface area contributed by atoms with E-state index in [1.807, 2.05) is 6.92 Å². The Kier molecular flexibility index (Phi) is 7.95. The van der Waals surface area contributed by atoms with E-state index < -0.39 is 0 Å². The second-order valence-corrected chi connectivity index (χ2v) is 4.07. The summed E-state index contributed by atoms with van der Waals surface area (Å²) in [5, 5.41) is 2.99. The van der Waals surface area contributed by atoms with Crippen LogP contribution in [0.4, 0.5) is 0 Å². The first-order valence-corrected chi connectivity index (χ1v) is 5.73. The fourth-order valence-electron chi connectivity index (χ4n) is 1.47. The highest BCUT2D eigenvalue weighted by atomic mass is 127. The topological polar surface area (TPSA) is 50.4 Å². The van der Waals surface area contributed by atoms with Crippen molar-refractivity contribution in [3.05, 3.63) is 35.4 Å². The van der Waals surface area contributed by atoms with Crippen molar-refractivity contribution >= 4 is 29.9 Å². The molecular formula is C13H22IN3. The molecule has 1 rings (SSSR count). The molecule has 1 atom stereocenters. The van der Waals surface area contributed by atoms with Gasteiger partial charge in [-0.2, -0.15) is 0 Å². The molecule has 0 aliphatic carbocycles. The van der Waals surface area contributed by atoms with Gasteiger partial charge in [-0.05, 0) is 19.4 Å². The van der Waals surface area contributed by atoms with Crippen molar-refractivity contribution in [2.24, 2.45) is 10.7 Å². The van der Waals surface area contributed by atoms with Crippen molar-refractivity contribution < 1.29 is 0 Å². The third-order valence-corrected chi connectivity index (χ3v) is 2.54. The van der Waals surface area contributed by atoms with Gasteiger partial charge >= 0.3 is 0 Å². The SMILES string of the molecule is CCNC(N)=NCC(C)c1ccc(C)cc1.I. The van der Waals surface area contributed by atoms with Crippen LogP contribution in [0.2, 0.25) is 0 Å². The zero-order chi connectivity index (χ0) is 12.0. The van der Waals surface area contributed by atoms with E-state index in [0.29, 0.717) is 11.9 Å². The Morgan fingerprint density at radius 3 is 2.47 bits per heavy atom. The van der Waals surface area contributed by atoms with E-state index in [9.17, 15) is 0 Å². The van der Waals surface area contributed by atoms with Crippen LogP contribution >= 0.6 is 24.0 Å². The fraction of sp³-hybridized carbons (Fsp3) is 0.462. The van der Waals surface area contributed by atoms with Gasteiger partial charge in [0.1, 0.15) is 0 Å². The molecule has 0 fully saturated rings. The Hall–Kier alpha value is -0.780. The van der Waals surface area contributed by atoms with Gasteiger partial charge in [0.15, 0.2) is 5.96 Å². The highest BCUT2D eigenvalue weighted by Gasteiger charge is 2.04. The maximum atomic E-state index is 5.67. The van der Waals surface area contributed by atoms with Gasteiger partial charge in [0.05, 0.1) is 0 Å². The van der Waals surface area contributed by atoms with Crippen molar-refractivity contribution in [3.8, 4) is 0 Å². The maximum Gasteiger partial charge on any atom is 0.188 e. The Morgan fingerprint density at radius 1 is 1.35 bits per heavy atom. The molecule has 1 unspecified atom stereocenters. The summed E-state index contributed by atoms with van der Waals surface area (Å²) in [5.74, 6) is 0.930. The van der Waals surface area contributed by atoms with E-state index in [-0.39, 0.29) is 24.0 Å². The van der Waals surface area contributed by atoms with Crippen molar-refractivity contribution in [1.29, 1.82) is 0 Å². The van der Waals surface area contributed by atoms with Crippen LogP contribution in [-0.2, 0) is 0 Å². The summed E-state index contributed by atoms with van der Waals surface area (Å²) in [7, 11) is 0. The number of aryl methyl sites for hydroxylation is 1. The van der Waals surface area contributed by atoms with Gasteiger partial charge in [-0.25, -0.2) is 0 Å². The zero-order valence-electron chi connectivity index (χ0n) is 10.7. The van der Waals surface area contributed by atoms with Crippen LogP contribution in [-0.4, -0.2) is 19.0 Å². The molecule has 96 valence electrons. The summed E-state index contributed by atoms with van der Waals surface area (Å²) in [6.07, 6.45) is 0. The van der Waals surface area contributed by atoms with Crippen LogP contribution in [0.3, 0.4) is 0 Å². The first-order chi connectivity index (χ1) is 7.63. The minimum Gasteiger partial charge on any atom is -0.370 e. The van der Waals surface area contributed by atoms with Crippen molar-refractivity contribution in [2.45, 2.75) is 26.7 Å². The molecule has 0 radical (unpaired) electrons. The van der Waals surface area contributed by atoms with Crippen LogP contribution in [0, 0.1) is 6.92 Å². The number of benzene rings is 1. The van der Waals surface area contributed by atoms with Crippen LogP contribution < -0.4 is 11.1 Å². The van der Waals surface area contributed by atoms with Crippen molar-refractivity contribution in [3.63, 3.8) is 0 Å². The summed E-state index contributed by atoms with van der Waals surface area (Å²) < 4.78 is 0. The molecule has 0 bridgehead atoms. The van der Waals surface area contributed by atoms with Crippen LogP contribution in [0.25, 0.3) is 0 Å². The number of nitrogens with zero attached hydrogens (tertiary/aromatic N) is 1. The Morgan fingerprint density at radius 2 is 1.94 bits per heavy atom. The molecule has 3 N–H and O–H groups in total. The average molecular weight is 347 g/mol. The molecule has 0 aromatic heterocycles. The fourth-order valence-corrected chi connectivity index (χ4v) is 1.47. The monoisotopic (exact) mass is 347 g/mol. The van der Waals surface area contributed by atoms with Gasteiger partial charge in [0.25, 0.3) is 0 Å². The highest BCUT2D eigenvalue weighted by Crippen LogP contribution is 2.15. The number of aliphatic imine (C=N–C) groups is 1. The quantitative estimate of drug-likeness (QED) is 0.500. The molecule has 0 heterocycles. The second kappa shape index (κ2) is 8.33. The summed E-state index contributed by atoms with van der Waals surface area (Å²) in [4.78, 5) is 4.30. The molecule has 0 saturated carbocycles. The maximum absolute atomic E-state index is 5.67. The number of halogens is 1. The minimum atomic E-state index is 0. The lowest BCUT2D eigenvalue weighted by atomic mass is 10.0. The number of hydrogen-bond donors (Lipinski definition) is 2. The van der Waals surface area contributed by atoms with Gasteiger partial charge in [-0.1, -0.05) is 36.8 Å². The van der Waals surface area contributed by atoms with E-state index in [0.717, 1.165) is 13.1 Å². The molecular weight excluding hydrogens is 325 g/mol. The molecule has 1 aromatic rings. The first kappa shape index (κ1) is 16.2. The molecule has 0 saturated heterocycles. The number of nitrogens with two attached hydrogens (primary N) is 1. The van der Waals surface area contributed by atoms with Crippen LogP contribution in [0.1, 0.15) is 30.9 Å². The molecule has 17 heavy (non-hydrogen) atoms. The Balaban J connectivity index is 0.00000256. The van der Waals surface area contributed by atoms with E-state index >= 15 is 0 Å². The number of hydrogen-bond acceptors (Lipinski definition) is 1. The number of rotatable bonds is 4. The molecule has 0 aliphatic heterocycles. The molecule has 1 aromatic carbocycles. The predicted molar refractivity (Wildman–Crippen MR) is 85.2 cm³/mol. The average Bonchev–Trinajstić information content (AvgIpc) is 2.27. The zero-order valence-corrected chi connectivity index (χ0v) is 13.1. The molecule has 0 spiro atoms. The Bertz CT molecular complexity index is 346. The van der Waals surface area contributed by atoms with Crippen LogP contribution in [0.15, 0.2) is 29.3 Å². The lowest BCUT2D eigenvalue weighted by Crippen LogP contribution is -2.31. The number of guanidine groups is 1. The van der Waals surface area contributed by atoms with Gasteiger partial charge < -0.3 is 11.1 Å². The standard InChI is InChI=1S/C13H21N3.HI/c1-4-15-13(14)16-9-11(3)12-7-5-10(2)6-8-12;/h5-8,11H,4,9H2,1-3H3,(H3,14,15,16);1H. The van der Waals surface area contributed by atoms with Crippen molar-refractivity contribution in [1.82, 2.24) is 5.32 Å². The third kappa shape index (κ3) is 5.91. The third-order valence-electron chi connectivity index (χ3n) is 2.54. The van der Waals surface area contributed by atoms with Gasteiger partial charge in [0.2, 0.25) is 0 Å². The summed E-state index contributed by atoms with van der Waals surface area (Å²) >= 11 is 0. The summed E-state index contributed by atoms with van der Waals surface area (Å²) in [5.41, 5.74) is 8.26.